The molecule has 3 rings (SSSR count). The minimum Gasteiger partial charge on any atom is -0.495 e. The topological polar surface area (TPSA) is 98.5 Å². The molecule has 0 atom stereocenters. The molecule has 0 saturated heterocycles. The molecule has 3 aromatic rings. The number of thioether (sulfide) groups is 1. The summed E-state index contributed by atoms with van der Waals surface area (Å²) in [4.78, 5) is 13.5. The Balaban J connectivity index is 1.78. The number of rotatable bonds is 7. The third kappa shape index (κ3) is 6.15. The van der Waals surface area contributed by atoms with Gasteiger partial charge in [0.25, 0.3) is 5.91 Å². The summed E-state index contributed by atoms with van der Waals surface area (Å²) in [6, 6.07) is 16.3. The van der Waals surface area contributed by atoms with Crippen LogP contribution in [0.25, 0.3) is 0 Å². The number of hydrogen-bond donors (Lipinski definition) is 2. The number of amides is 1. The second-order valence-electron chi connectivity index (χ2n) is 6.43. The first-order valence-electron chi connectivity index (χ1n) is 8.86. The van der Waals surface area contributed by atoms with E-state index < -0.39 is 15.9 Å². The van der Waals surface area contributed by atoms with Crippen molar-refractivity contribution in [1.82, 2.24) is 0 Å². The Labute approximate surface area is 194 Å². The molecule has 31 heavy (non-hydrogen) atoms. The van der Waals surface area contributed by atoms with Gasteiger partial charge in [-0.15, -0.1) is 11.8 Å². The Bertz CT molecular complexity index is 1230. The van der Waals surface area contributed by atoms with E-state index in [2.05, 4.69) is 5.32 Å². The van der Waals surface area contributed by atoms with Gasteiger partial charge in [-0.25, -0.2) is 13.6 Å². The Hall–Kier alpha value is -2.23. The quantitative estimate of drug-likeness (QED) is 0.438. The van der Waals surface area contributed by atoms with Crippen molar-refractivity contribution in [1.29, 1.82) is 0 Å². The summed E-state index contributed by atoms with van der Waals surface area (Å²) < 4.78 is 28.5. The summed E-state index contributed by atoms with van der Waals surface area (Å²) in [5.41, 5.74) is 1.50. The van der Waals surface area contributed by atoms with Crippen molar-refractivity contribution in [3.8, 4) is 5.75 Å². The lowest BCUT2D eigenvalue weighted by molar-refractivity contribution is 0.102. The zero-order chi connectivity index (χ0) is 22.6. The number of sulfonamides is 1. The van der Waals surface area contributed by atoms with E-state index >= 15 is 0 Å². The molecule has 0 saturated carbocycles. The van der Waals surface area contributed by atoms with Crippen LogP contribution in [0.2, 0.25) is 10.0 Å². The van der Waals surface area contributed by atoms with Crippen LogP contribution in [0.4, 0.5) is 5.69 Å². The molecule has 0 aliphatic heterocycles. The predicted octanol–water partition coefficient (Wildman–Crippen LogP) is 5.19. The SMILES string of the molecule is COc1ccc(S(N)(=O)=O)cc1NC(=O)c1cccc(CSc2cc(Cl)ccc2Cl)c1. The van der Waals surface area contributed by atoms with Crippen molar-refractivity contribution < 1.29 is 17.9 Å². The summed E-state index contributed by atoms with van der Waals surface area (Å²) >= 11 is 13.7. The Morgan fingerprint density at radius 1 is 1.10 bits per heavy atom. The number of carbonyl (C=O) groups is 1. The third-order valence-electron chi connectivity index (χ3n) is 4.22. The van der Waals surface area contributed by atoms with Crippen LogP contribution in [0.3, 0.4) is 0 Å². The van der Waals surface area contributed by atoms with Crippen LogP contribution in [0.15, 0.2) is 70.5 Å². The van der Waals surface area contributed by atoms with Crippen molar-refractivity contribution in [2.24, 2.45) is 5.14 Å². The molecule has 162 valence electrons. The molecule has 0 spiro atoms. The van der Waals surface area contributed by atoms with Crippen LogP contribution >= 0.6 is 35.0 Å². The number of hydrogen-bond acceptors (Lipinski definition) is 5. The highest BCUT2D eigenvalue weighted by atomic mass is 35.5. The van der Waals surface area contributed by atoms with Crippen molar-refractivity contribution in [2.45, 2.75) is 15.5 Å². The molecular formula is C21H18Cl2N2O4S2. The molecule has 0 bridgehead atoms. The second kappa shape index (κ2) is 9.93. The van der Waals surface area contributed by atoms with E-state index in [0.717, 1.165) is 10.5 Å². The standard InChI is InChI=1S/C21H18Cl2N2O4S2/c1-29-19-8-6-16(31(24,27)28)11-18(19)25-21(26)14-4-2-3-13(9-14)12-30-20-10-15(22)5-7-17(20)23/h2-11H,12H2,1H3,(H,25,26)(H2,24,27,28). The van der Waals surface area contributed by atoms with Gasteiger partial charge in [0.2, 0.25) is 10.0 Å². The van der Waals surface area contributed by atoms with Gasteiger partial charge in [0, 0.05) is 21.2 Å². The van der Waals surface area contributed by atoms with E-state index in [0.29, 0.717) is 27.1 Å². The first-order valence-corrected chi connectivity index (χ1v) is 12.1. The molecule has 1 amide bonds. The minimum atomic E-state index is -3.93. The first-order chi connectivity index (χ1) is 14.7. The van der Waals surface area contributed by atoms with Crippen LogP contribution in [0, 0.1) is 0 Å². The highest BCUT2D eigenvalue weighted by molar-refractivity contribution is 7.98. The lowest BCUT2D eigenvalue weighted by atomic mass is 10.1. The van der Waals surface area contributed by atoms with E-state index in [1.807, 2.05) is 6.07 Å². The molecule has 0 aromatic heterocycles. The number of primary sulfonamides is 1. The van der Waals surface area contributed by atoms with Gasteiger partial charge in [-0.05, 0) is 54.1 Å². The normalized spacial score (nSPS) is 11.2. The lowest BCUT2D eigenvalue weighted by Gasteiger charge is -2.12. The molecule has 0 aliphatic carbocycles. The number of nitrogens with one attached hydrogen (secondary N) is 1. The number of methoxy groups -OCH3 is 1. The number of carbonyl (C=O) groups excluding carboxylic acids is 1. The average molecular weight is 497 g/mol. The molecule has 3 aromatic carbocycles. The fraction of sp³-hybridized carbons (Fsp3) is 0.0952. The van der Waals surface area contributed by atoms with Gasteiger partial charge < -0.3 is 10.1 Å². The van der Waals surface area contributed by atoms with Crippen molar-refractivity contribution in [3.63, 3.8) is 0 Å². The van der Waals surface area contributed by atoms with E-state index in [1.165, 1.54) is 37.1 Å². The molecule has 0 unspecified atom stereocenters. The van der Waals surface area contributed by atoms with Crippen molar-refractivity contribution in [3.05, 3.63) is 81.8 Å². The summed E-state index contributed by atoms with van der Waals surface area (Å²) in [7, 11) is -2.51. The van der Waals surface area contributed by atoms with Crippen LogP contribution in [-0.4, -0.2) is 21.4 Å². The fourth-order valence-corrected chi connectivity index (χ4v) is 4.68. The molecule has 0 aliphatic rings. The van der Waals surface area contributed by atoms with Crippen LogP contribution in [-0.2, 0) is 15.8 Å². The smallest absolute Gasteiger partial charge is 0.255 e. The maximum Gasteiger partial charge on any atom is 0.255 e. The molecule has 0 fully saturated rings. The van der Waals surface area contributed by atoms with Gasteiger partial charge in [-0.3, -0.25) is 4.79 Å². The van der Waals surface area contributed by atoms with Crippen LogP contribution in [0.5, 0.6) is 5.75 Å². The van der Waals surface area contributed by atoms with Gasteiger partial charge in [0.1, 0.15) is 5.75 Å². The second-order valence-corrected chi connectivity index (χ2v) is 9.85. The van der Waals surface area contributed by atoms with E-state index in [-0.39, 0.29) is 10.6 Å². The highest BCUT2D eigenvalue weighted by Gasteiger charge is 2.15. The monoisotopic (exact) mass is 496 g/mol. The zero-order valence-electron chi connectivity index (χ0n) is 16.3. The molecule has 0 heterocycles. The van der Waals surface area contributed by atoms with Gasteiger partial charge in [-0.1, -0.05) is 35.3 Å². The maximum absolute atomic E-state index is 12.8. The summed E-state index contributed by atoms with van der Waals surface area (Å²) in [5.74, 6) is 0.464. The molecule has 3 N–H and O–H groups in total. The number of nitrogens with two attached hydrogens (primary N) is 1. The van der Waals surface area contributed by atoms with Crippen LogP contribution in [0.1, 0.15) is 15.9 Å². The molecule has 6 nitrogen and oxygen atoms in total. The van der Waals surface area contributed by atoms with Crippen molar-refractivity contribution in [2.75, 3.05) is 12.4 Å². The summed E-state index contributed by atoms with van der Waals surface area (Å²) in [6.45, 7) is 0. The lowest BCUT2D eigenvalue weighted by Crippen LogP contribution is -2.15. The Kier molecular flexibility index (Phi) is 7.51. The zero-order valence-corrected chi connectivity index (χ0v) is 19.4. The van der Waals surface area contributed by atoms with E-state index in [4.69, 9.17) is 33.1 Å². The van der Waals surface area contributed by atoms with Gasteiger partial charge in [0.15, 0.2) is 0 Å². The minimum absolute atomic E-state index is 0.132. The summed E-state index contributed by atoms with van der Waals surface area (Å²) in [6.07, 6.45) is 0. The van der Waals surface area contributed by atoms with E-state index in [1.54, 1.807) is 36.4 Å². The molecule has 10 heteroatoms. The van der Waals surface area contributed by atoms with Crippen LogP contribution < -0.4 is 15.2 Å². The maximum atomic E-state index is 12.8. The van der Waals surface area contributed by atoms with Gasteiger partial charge >= 0.3 is 0 Å². The van der Waals surface area contributed by atoms with Gasteiger partial charge in [0.05, 0.1) is 22.7 Å². The van der Waals surface area contributed by atoms with Crippen molar-refractivity contribution >= 4 is 56.6 Å². The fourth-order valence-electron chi connectivity index (χ4n) is 2.71. The Morgan fingerprint density at radius 3 is 2.58 bits per heavy atom. The molecular weight excluding hydrogens is 479 g/mol. The Morgan fingerprint density at radius 2 is 1.87 bits per heavy atom. The third-order valence-corrected chi connectivity index (χ3v) is 6.94. The highest BCUT2D eigenvalue weighted by Crippen LogP contribution is 2.32. The van der Waals surface area contributed by atoms with Gasteiger partial charge in [-0.2, -0.15) is 0 Å². The molecule has 0 radical (unpaired) electrons. The summed E-state index contributed by atoms with van der Waals surface area (Å²) in [5, 5.41) is 9.05. The average Bonchev–Trinajstić information content (AvgIpc) is 2.74. The number of benzene rings is 3. The largest absolute Gasteiger partial charge is 0.495 e. The predicted molar refractivity (Wildman–Crippen MR) is 125 cm³/mol. The van der Waals surface area contributed by atoms with E-state index in [9.17, 15) is 13.2 Å². The first kappa shape index (κ1) is 23.4. The number of ether oxygens (including phenoxy) is 1. The number of anilines is 1. The number of halogens is 2.